The first-order valence-corrected chi connectivity index (χ1v) is 2.96. The summed E-state index contributed by atoms with van der Waals surface area (Å²) in [6.45, 7) is 0. The first kappa shape index (κ1) is 8.81. The Morgan fingerprint density at radius 3 is 2.44 bits per heavy atom. The van der Waals surface area contributed by atoms with E-state index in [1.54, 1.807) is 0 Å². The zero-order valence-corrected chi connectivity index (χ0v) is 6.46. The average Bonchev–Trinajstić information content (AvgIpc) is 2.14. The van der Waals surface area contributed by atoms with Crippen molar-refractivity contribution in [2.45, 2.75) is 0 Å². The van der Waals surface area contributed by atoms with Crippen LogP contribution in [-0.4, -0.2) is 16.5 Å². The van der Waals surface area contributed by atoms with Gasteiger partial charge in [0.15, 0.2) is 11.3 Å². The summed E-state index contributed by atoms with van der Waals surface area (Å²) in [5.41, 5.74) is 0. The first-order chi connectivity index (χ1) is 3.83. The van der Waals surface area contributed by atoms with E-state index in [9.17, 15) is 4.79 Å². The van der Waals surface area contributed by atoms with Gasteiger partial charge in [-0.1, -0.05) is 11.3 Å². The molecule has 3 nitrogen and oxygen atoms in total. The Labute approximate surface area is 66.5 Å². The highest BCUT2D eigenvalue weighted by Gasteiger charge is 1.96. The first-order valence-electron chi connectivity index (χ1n) is 1.77. The number of aromatic nitrogens is 2. The molecule has 6 heteroatoms. The molecule has 0 fully saturated rings. The largest absolute Gasteiger partial charge is 0.295 e. The fourth-order valence-corrected chi connectivity index (χ4v) is 0.922. The molecule has 1 heterocycles. The van der Waals surface area contributed by atoms with Crippen molar-refractivity contribution in [3.8, 4) is 0 Å². The summed E-state index contributed by atoms with van der Waals surface area (Å²) >= 11 is 6.39. The molecule has 0 spiro atoms. The number of rotatable bonds is 1. The van der Waals surface area contributed by atoms with Crippen LogP contribution in [-0.2, 0) is 0 Å². The molecule has 0 aromatic carbocycles. The van der Waals surface area contributed by atoms with Gasteiger partial charge in [0, 0.05) is 0 Å². The van der Waals surface area contributed by atoms with E-state index in [2.05, 4.69) is 10.2 Å². The Hall–Kier alpha value is -0.190. The smallest absolute Gasteiger partial charge is 0.207 e. The highest BCUT2D eigenvalue weighted by atomic mass is 35.5. The van der Waals surface area contributed by atoms with Crippen LogP contribution in [0.15, 0.2) is 0 Å². The molecule has 0 N–H and O–H groups in total. The quantitative estimate of drug-likeness (QED) is 0.621. The Bertz CT molecular complexity index is 201. The summed E-state index contributed by atoms with van der Waals surface area (Å²) in [7, 11) is 0. The normalized spacial score (nSPS) is 8.11. The molecular formula is C3H2Cl2N2OS. The van der Waals surface area contributed by atoms with Gasteiger partial charge in [-0.3, -0.25) is 4.79 Å². The number of hydrogen-bond acceptors (Lipinski definition) is 4. The van der Waals surface area contributed by atoms with E-state index in [1.165, 1.54) is 0 Å². The van der Waals surface area contributed by atoms with Gasteiger partial charge in [-0.2, -0.15) is 0 Å². The summed E-state index contributed by atoms with van der Waals surface area (Å²) in [5.74, 6) is 0. The van der Waals surface area contributed by atoms with Crippen LogP contribution in [0.3, 0.4) is 0 Å². The van der Waals surface area contributed by atoms with Crippen LogP contribution in [0.5, 0.6) is 0 Å². The predicted octanol–water partition coefficient (Wildman–Crippen LogP) is 1.43. The molecule has 50 valence electrons. The molecule has 1 rings (SSSR count). The molecule has 0 radical (unpaired) electrons. The van der Waals surface area contributed by atoms with Gasteiger partial charge in [0.1, 0.15) is 0 Å². The van der Waals surface area contributed by atoms with Crippen LogP contribution in [0.25, 0.3) is 0 Å². The van der Waals surface area contributed by atoms with Crippen LogP contribution < -0.4 is 0 Å². The van der Waals surface area contributed by atoms with E-state index in [0.717, 1.165) is 11.3 Å². The second kappa shape index (κ2) is 3.76. The molecule has 0 aliphatic rings. The Balaban J connectivity index is 0.000000640. The van der Waals surface area contributed by atoms with Gasteiger partial charge in [0.25, 0.3) is 0 Å². The van der Waals surface area contributed by atoms with E-state index < -0.39 is 0 Å². The van der Waals surface area contributed by atoms with Crippen LogP contribution in [0.1, 0.15) is 9.80 Å². The Morgan fingerprint density at radius 2 is 2.22 bits per heavy atom. The summed E-state index contributed by atoms with van der Waals surface area (Å²) in [6.07, 6.45) is 0.615. The van der Waals surface area contributed by atoms with E-state index in [1.807, 2.05) is 0 Å². The second-order valence-corrected chi connectivity index (χ2v) is 2.60. The van der Waals surface area contributed by atoms with Crippen molar-refractivity contribution >= 4 is 41.6 Å². The summed E-state index contributed by atoms with van der Waals surface area (Å²) in [5, 5.41) is 7.11. The van der Waals surface area contributed by atoms with E-state index in [0.29, 0.717) is 15.8 Å². The van der Waals surface area contributed by atoms with Crippen LogP contribution in [0.4, 0.5) is 0 Å². The van der Waals surface area contributed by atoms with Crippen molar-refractivity contribution < 1.29 is 4.79 Å². The van der Waals surface area contributed by atoms with Crippen LogP contribution >= 0.6 is 35.3 Å². The summed E-state index contributed by atoms with van der Waals surface area (Å²) in [4.78, 5) is 9.87. The van der Waals surface area contributed by atoms with Crippen molar-refractivity contribution in [1.82, 2.24) is 10.2 Å². The third kappa shape index (κ3) is 2.26. The Morgan fingerprint density at radius 1 is 1.56 bits per heavy atom. The number of hydrogen-bond donors (Lipinski definition) is 0. The monoisotopic (exact) mass is 184 g/mol. The van der Waals surface area contributed by atoms with Crippen molar-refractivity contribution in [2.75, 3.05) is 0 Å². The highest BCUT2D eigenvalue weighted by Crippen LogP contribution is 2.11. The van der Waals surface area contributed by atoms with Crippen LogP contribution in [0, 0.1) is 0 Å². The topological polar surface area (TPSA) is 42.9 Å². The number of aldehydes is 1. The van der Waals surface area contributed by atoms with Gasteiger partial charge < -0.3 is 0 Å². The molecule has 9 heavy (non-hydrogen) atoms. The highest BCUT2D eigenvalue weighted by molar-refractivity contribution is 7.16. The number of carbonyl (C=O) groups is 1. The minimum Gasteiger partial charge on any atom is -0.295 e. The fraction of sp³-hybridized carbons (Fsp3) is 0. The van der Waals surface area contributed by atoms with Gasteiger partial charge in [0.2, 0.25) is 4.47 Å². The lowest BCUT2D eigenvalue weighted by Crippen LogP contribution is -1.73. The predicted molar refractivity (Wildman–Crippen MR) is 37.6 cm³/mol. The maximum Gasteiger partial charge on any atom is 0.207 e. The molecule has 0 unspecified atom stereocenters. The molecule has 0 saturated carbocycles. The van der Waals surface area contributed by atoms with Gasteiger partial charge >= 0.3 is 0 Å². The van der Waals surface area contributed by atoms with Gasteiger partial charge in [-0.25, -0.2) is 0 Å². The molecule has 1 aromatic rings. The van der Waals surface area contributed by atoms with Gasteiger partial charge in [0.05, 0.1) is 0 Å². The van der Waals surface area contributed by atoms with E-state index in [4.69, 9.17) is 11.6 Å². The lowest BCUT2D eigenvalue weighted by Gasteiger charge is -1.63. The number of carbonyl (C=O) groups excluding carboxylic acids is 1. The van der Waals surface area contributed by atoms with E-state index >= 15 is 0 Å². The zero-order valence-electron chi connectivity index (χ0n) is 4.07. The minimum atomic E-state index is 0. The van der Waals surface area contributed by atoms with Gasteiger partial charge in [-0.05, 0) is 11.6 Å². The second-order valence-electron chi connectivity index (χ2n) is 1.01. The standard InChI is InChI=1S/C3HClN2OS.ClH/c4-3-6-5-2(1-7)8-3;/h1H;1H. The fourth-order valence-electron chi connectivity index (χ4n) is 0.263. The lowest BCUT2D eigenvalue weighted by atomic mass is 10.8. The van der Waals surface area contributed by atoms with Crippen molar-refractivity contribution in [3.63, 3.8) is 0 Å². The molecule has 0 aliphatic carbocycles. The molecule has 0 atom stereocenters. The third-order valence-corrected chi connectivity index (χ3v) is 1.46. The summed E-state index contributed by atoms with van der Waals surface area (Å²) < 4.78 is 0.298. The SMILES string of the molecule is Cl.O=Cc1nnc(Cl)s1. The van der Waals surface area contributed by atoms with E-state index in [-0.39, 0.29) is 12.4 Å². The molecule has 0 bridgehead atoms. The molecular weight excluding hydrogens is 183 g/mol. The zero-order chi connectivity index (χ0) is 5.98. The van der Waals surface area contributed by atoms with Crippen molar-refractivity contribution in [3.05, 3.63) is 9.47 Å². The van der Waals surface area contributed by atoms with Crippen molar-refractivity contribution in [1.29, 1.82) is 0 Å². The minimum absolute atomic E-state index is 0. The lowest BCUT2D eigenvalue weighted by molar-refractivity contribution is 0.112. The molecule has 0 saturated heterocycles. The third-order valence-electron chi connectivity index (χ3n) is 0.517. The van der Waals surface area contributed by atoms with Crippen molar-refractivity contribution in [2.24, 2.45) is 0 Å². The molecule has 1 aromatic heterocycles. The maximum absolute atomic E-state index is 9.87. The number of nitrogens with zero attached hydrogens (tertiary/aromatic N) is 2. The number of halogens is 2. The molecule has 0 amide bonds. The Kier molecular flexibility index (Phi) is 3.68. The van der Waals surface area contributed by atoms with Gasteiger partial charge in [-0.15, -0.1) is 22.6 Å². The molecule has 0 aliphatic heterocycles. The maximum atomic E-state index is 9.87. The van der Waals surface area contributed by atoms with Crippen LogP contribution in [0.2, 0.25) is 4.47 Å². The summed E-state index contributed by atoms with van der Waals surface area (Å²) in [6, 6.07) is 0. The average molecular weight is 185 g/mol.